The summed E-state index contributed by atoms with van der Waals surface area (Å²) in [4.78, 5) is 35.0. The smallest absolute Gasteiger partial charge is 0.406 e. The molecule has 1 heterocycles. The van der Waals surface area contributed by atoms with Crippen LogP contribution in [0.15, 0.2) is 24.3 Å². The van der Waals surface area contributed by atoms with E-state index >= 15 is 0 Å². The SMILES string of the molecule is O=C(O)c1cccc(CNC(=O)[C@H]2CC(=O)N(CC(F)(F)F)C2)c1. The molecule has 1 aromatic rings. The molecule has 1 saturated heterocycles. The van der Waals surface area contributed by atoms with Crippen LogP contribution in [0.25, 0.3) is 0 Å². The van der Waals surface area contributed by atoms with Crippen molar-refractivity contribution in [1.29, 1.82) is 0 Å². The molecular formula is C15H15F3N2O4. The number of benzene rings is 1. The fraction of sp³-hybridized carbons (Fsp3) is 0.400. The van der Waals surface area contributed by atoms with E-state index in [0.29, 0.717) is 10.5 Å². The van der Waals surface area contributed by atoms with Gasteiger partial charge in [-0.25, -0.2) is 4.79 Å². The first kappa shape index (κ1) is 17.8. The molecule has 1 aliphatic heterocycles. The molecule has 0 aliphatic carbocycles. The number of alkyl halides is 3. The van der Waals surface area contributed by atoms with Crippen LogP contribution >= 0.6 is 0 Å². The molecule has 2 N–H and O–H groups in total. The molecule has 1 aromatic carbocycles. The number of amides is 2. The van der Waals surface area contributed by atoms with Gasteiger partial charge in [-0.05, 0) is 17.7 Å². The Morgan fingerprint density at radius 1 is 1.33 bits per heavy atom. The van der Waals surface area contributed by atoms with Crippen LogP contribution in [-0.2, 0) is 16.1 Å². The van der Waals surface area contributed by atoms with E-state index in [1.165, 1.54) is 18.2 Å². The molecule has 6 nitrogen and oxygen atoms in total. The van der Waals surface area contributed by atoms with E-state index in [4.69, 9.17) is 5.11 Å². The minimum atomic E-state index is -4.50. The fourth-order valence-corrected chi connectivity index (χ4v) is 2.46. The first-order valence-corrected chi connectivity index (χ1v) is 7.10. The summed E-state index contributed by atoms with van der Waals surface area (Å²) in [6.45, 7) is -1.61. The molecule has 2 rings (SSSR count). The summed E-state index contributed by atoms with van der Waals surface area (Å²) in [5, 5.41) is 11.4. The Bertz CT molecular complexity index is 660. The molecule has 24 heavy (non-hydrogen) atoms. The standard InChI is InChI=1S/C15H15F3N2O4/c16-15(17,18)8-20-7-11(5-12(20)21)13(22)19-6-9-2-1-3-10(4-9)14(23)24/h1-4,11H,5-8H2,(H,19,22)(H,23,24)/t11-/m0/s1. The second kappa shape index (κ2) is 6.90. The predicted molar refractivity (Wildman–Crippen MR) is 76.0 cm³/mol. The maximum atomic E-state index is 12.3. The molecule has 0 aromatic heterocycles. The zero-order valence-corrected chi connectivity index (χ0v) is 12.5. The van der Waals surface area contributed by atoms with Crippen molar-refractivity contribution in [1.82, 2.24) is 10.2 Å². The van der Waals surface area contributed by atoms with E-state index in [1.54, 1.807) is 6.07 Å². The second-order valence-electron chi connectivity index (χ2n) is 5.51. The Labute approximate surface area is 135 Å². The fourth-order valence-electron chi connectivity index (χ4n) is 2.46. The van der Waals surface area contributed by atoms with Crippen molar-refractivity contribution in [2.45, 2.75) is 19.1 Å². The minimum Gasteiger partial charge on any atom is -0.478 e. The van der Waals surface area contributed by atoms with Crippen LogP contribution in [-0.4, -0.2) is 47.1 Å². The molecular weight excluding hydrogens is 329 g/mol. The highest BCUT2D eigenvalue weighted by Gasteiger charge is 2.40. The number of hydrogen-bond donors (Lipinski definition) is 2. The van der Waals surface area contributed by atoms with Crippen LogP contribution in [0.1, 0.15) is 22.3 Å². The lowest BCUT2D eigenvalue weighted by molar-refractivity contribution is -0.157. The summed E-state index contributed by atoms with van der Waals surface area (Å²) in [5.41, 5.74) is 0.605. The number of carboxylic acid groups (broad SMARTS) is 1. The third-order valence-electron chi connectivity index (χ3n) is 3.60. The number of carbonyl (C=O) groups is 3. The number of nitrogens with zero attached hydrogens (tertiary/aromatic N) is 1. The van der Waals surface area contributed by atoms with Gasteiger partial charge in [-0.1, -0.05) is 12.1 Å². The molecule has 0 radical (unpaired) electrons. The highest BCUT2D eigenvalue weighted by atomic mass is 19.4. The molecule has 9 heteroatoms. The van der Waals surface area contributed by atoms with Gasteiger partial charge in [0.15, 0.2) is 0 Å². The van der Waals surface area contributed by atoms with Crippen LogP contribution in [0.5, 0.6) is 0 Å². The second-order valence-corrected chi connectivity index (χ2v) is 5.51. The average molecular weight is 344 g/mol. The molecule has 130 valence electrons. The number of likely N-dealkylation sites (tertiary alicyclic amines) is 1. The molecule has 2 amide bonds. The van der Waals surface area contributed by atoms with Gasteiger partial charge < -0.3 is 15.3 Å². The van der Waals surface area contributed by atoms with Crippen molar-refractivity contribution in [2.24, 2.45) is 5.92 Å². The normalized spacial score (nSPS) is 17.9. The Balaban J connectivity index is 1.90. The van der Waals surface area contributed by atoms with Crippen LogP contribution in [0.4, 0.5) is 13.2 Å². The van der Waals surface area contributed by atoms with E-state index in [9.17, 15) is 27.6 Å². The molecule has 0 bridgehead atoms. The van der Waals surface area contributed by atoms with Crippen LogP contribution in [0, 0.1) is 5.92 Å². The van der Waals surface area contributed by atoms with Crippen LogP contribution in [0.2, 0.25) is 0 Å². The minimum absolute atomic E-state index is 0.0317. The summed E-state index contributed by atoms with van der Waals surface area (Å²) in [7, 11) is 0. The largest absolute Gasteiger partial charge is 0.478 e. The zero-order chi connectivity index (χ0) is 17.9. The van der Waals surface area contributed by atoms with Crippen molar-refractivity contribution in [3.63, 3.8) is 0 Å². The summed E-state index contributed by atoms with van der Waals surface area (Å²) < 4.78 is 37.0. The van der Waals surface area contributed by atoms with E-state index in [2.05, 4.69) is 5.32 Å². The first-order chi connectivity index (χ1) is 11.2. The van der Waals surface area contributed by atoms with Gasteiger partial charge in [0.2, 0.25) is 11.8 Å². The molecule has 0 spiro atoms. The predicted octanol–water partition coefficient (Wildman–Crippen LogP) is 1.41. The van der Waals surface area contributed by atoms with Gasteiger partial charge in [0.05, 0.1) is 11.5 Å². The van der Waals surface area contributed by atoms with E-state index < -0.39 is 36.4 Å². The zero-order valence-electron chi connectivity index (χ0n) is 12.5. The lowest BCUT2D eigenvalue weighted by Crippen LogP contribution is -2.37. The van der Waals surface area contributed by atoms with E-state index in [1.807, 2.05) is 0 Å². The molecule has 0 saturated carbocycles. The summed E-state index contributed by atoms with van der Waals surface area (Å²) in [5.74, 6) is -3.19. The Morgan fingerprint density at radius 2 is 2.04 bits per heavy atom. The van der Waals surface area contributed by atoms with Crippen molar-refractivity contribution in [3.8, 4) is 0 Å². The first-order valence-electron chi connectivity index (χ1n) is 7.10. The molecule has 1 aliphatic rings. The Hall–Kier alpha value is -2.58. The Kier molecular flexibility index (Phi) is 5.10. The number of hydrogen-bond acceptors (Lipinski definition) is 3. The number of nitrogens with one attached hydrogen (secondary N) is 1. The monoisotopic (exact) mass is 344 g/mol. The van der Waals surface area contributed by atoms with Gasteiger partial charge in [0, 0.05) is 19.5 Å². The topological polar surface area (TPSA) is 86.7 Å². The molecule has 1 fully saturated rings. The lowest BCUT2D eigenvalue weighted by atomic mass is 10.1. The van der Waals surface area contributed by atoms with Gasteiger partial charge >= 0.3 is 12.1 Å². The van der Waals surface area contributed by atoms with Crippen molar-refractivity contribution >= 4 is 17.8 Å². The summed E-state index contributed by atoms with van der Waals surface area (Å²) >= 11 is 0. The van der Waals surface area contributed by atoms with Crippen LogP contribution < -0.4 is 5.32 Å². The highest BCUT2D eigenvalue weighted by molar-refractivity contribution is 5.89. The van der Waals surface area contributed by atoms with Gasteiger partial charge in [-0.15, -0.1) is 0 Å². The number of rotatable bonds is 5. The molecule has 1 atom stereocenters. The van der Waals surface area contributed by atoms with Crippen molar-refractivity contribution < 1.29 is 32.7 Å². The van der Waals surface area contributed by atoms with E-state index in [-0.39, 0.29) is 25.1 Å². The van der Waals surface area contributed by atoms with Crippen molar-refractivity contribution in [2.75, 3.05) is 13.1 Å². The van der Waals surface area contributed by atoms with E-state index in [0.717, 1.165) is 0 Å². The number of halogens is 3. The van der Waals surface area contributed by atoms with Crippen molar-refractivity contribution in [3.05, 3.63) is 35.4 Å². The van der Waals surface area contributed by atoms with Crippen LogP contribution in [0.3, 0.4) is 0 Å². The maximum absolute atomic E-state index is 12.3. The van der Waals surface area contributed by atoms with Gasteiger partial charge in [0.1, 0.15) is 6.54 Å². The van der Waals surface area contributed by atoms with Gasteiger partial charge in [-0.2, -0.15) is 13.2 Å². The number of aromatic carboxylic acids is 1. The van der Waals surface area contributed by atoms with Gasteiger partial charge in [-0.3, -0.25) is 9.59 Å². The van der Waals surface area contributed by atoms with Gasteiger partial charge in [0.25, 0.3) is 0 Å². The quantitative estimate of drug-likeness (QED) is 0.846. The highest BCUT2D eigenvalue weighted by Crippen LogP contribution is 2.24. The third kappa shape index (κ3) is 4.71. The summed E-state index contributed by atoms with van der Waals surface area (Å²) in [6.07, 6.45) is -4.77. The molecule has 0 unspecified atom stereocenters. The average Bonchev–Trinajstić information content (AvgIpc) is 2.84. The number of carboxylic acids is 1. The number of carbonyl (C=O) groups excluding carboxylic acids is 2. The third-order valence-corrected chi connectivity index (χ3v) is 3.60. The Morgan fingerprint density at radius 3 is 2.67 bits per heavy atom. The maximum Gasteiger partial charge on any atom is 0.406 e. The summed E-state index contributed by atoms with van der Waals surface area (Å²) in [6, 6.07) is 5.92. The lowest BCUT2D eigenvalue weighted by Gasteiger charge is -2.18.